The van der Waals surface area contributed by atoms with Crippen molar-refractivity contribution in [1.29, 1.82) is 0 Å². The van der Waals surface area contributed by atoms with Gasteiger partial charge >= 0.3 is 5.91 Å². The predicted molar refractivity (Wildman–Crippen MR) is 107 cm³/mol. The molecular formula is C21H39NO5. The van der Waals surface area contributed by atoms with Crippen molar-refractivity contribution in [3.63, 3.8) is 0 Å². The Hall–Kier alpha value is -1.13. The molecule has 6 heteroatoms. The Kier molecular flexibility index (Phi) is 16.3. The maximum atomic E-state index is 12.0. The fourth-order valence-electron chi connectivity index (χ4n) is 2.18. The molecule has 0 aliphatic heterocycles. The molecular weight excluding hydrogens is 346 g/mol. The van der Waals surface area contributed by atoms with Crippen molar-refractivity contribution in [2.45, 2.75) is 91.3 Å². The van der Waals surface area contributed by atoms with Crippen molar-refractivity contribution in [3.8, 4) is 12.3 Å². The molecule has 0 aliphatic carbocycles. The van der Waals surface area contributed by atoms with Gasteiger partial charge in [0.25, 0.3) is 5.91 Å². The molecule has 0 radical (unpaired) electrons. The number of hydrogen-bond acceptors (Lipinski definition) is 5. The van der Waals surface area contributed by atoms with Gasteiger partial charge in [0.2, 0.25) is 6.29 Å². The summed E-state index contributed by atoms with van der Waals surface area (Å²) in [5, 5.41) is 2.68. The molecule has 0 spiro atoms. The monoisotopic (exact) mass is 385 g/mol. The Morgan fingerprint density at radius 1 is 0.852 bits per heavy atom. The Morgan fingerprint density at radius 2 is 1.26 bits per heavy atom. The number of rotatable bonds is 18. The Bertz CT molecular complexity index is 388. The van der Waals surface area contributed by atoms with Crippen LogP contribution in [-0.4, -0.2) is 44.5 Å². The minimum Gasteiger partial charge on any atom is -0.346 e. The van der Waals surface area contributed by atoms with Crippen LogP contribution in [0.5, 0.6) is 0 Å². The number of terminal acetylenes is 1. The second-order valence-corrected chi connectivity index (χ2v) is 6.45. The number of carbonyl (C=O) groups is 1. The van der Waals surface area contributed by atoms with Crippen molar-refractivity contribution in [2.24, 2.45) is 0 Å². The number of hydrogen-bond donors (Lipinski definition) is 1. The summed E-state index contributed by atoms with van der Waals surface area (Å²) in [6, 6.07) is 0. The molecule has 0 heterocycles. The van der Waals surface area contributed by atoms with E-state index < -0.39 is 18.1 Å². The zero-order valence-corrected chi connectivity index (χ0v) is 17.7. The van der Waals surface area contributed by atoms with Crippen LogP contribution in [-0.2, 0) is 23.7 Å². The first-order valence-corrected chi connectivity index (χ1v) is 10.4. The molecule has 0 atom stereocenters. The van der Waals surface area contributed by atoms with Crippen molar-refractivity contribution >= 4 is 5.91 Å². The van der Waals surface area contributed by atoms with E-state index in [0.29, 0.717) is 26.4 Å². The van der Waals surface area contributed by atoms with E-state index in [4.69, 9.17) is 25.4 Å². The summed E-state index contributed by atoms with van der Waals surface area (Å²) >= 11 is 0. The summed E-state index contributed by atoms with van der Waals surface area (Å²) < 4.78 is 23.9. The third-order valence-electron chi connectivity index (χ3n) is 3.89. The summed E-state index contributed by atoms with van der Waals surface area (Å²) in [5.74, 6) is -0.0963. The van der Waals surface area contributed by atoms with Crippen LogP contribution >= 0.6 is 0 Å². The third-order valence-corrected chi connectivity index (χ3v) is 3.89. The molecule has 0 aromatic heterocycles. The largest absolute Gasteiger partial charge is 0.346 e. The quantitative estimate of drug-likeness (QED) is 0.220. The van der Waals surface area contributed by atoms with E-state index in [2.05, 4.69) is 38.9 Å². The molecule has 158 valence electrons. The molecule has 1 N–H and O–H groups in total. The normalized spacial score (nSPS) is 11.6. The Labute approximate surface area is 165 Å². The maximum absolute atomic E-state index is 12.0. The highest BCUT2D eigenvalue weighted by atomic mass is 16.8. The van der Waals surface area contributed by atoms with Gasteiger partial charge in [-0.1, -0.05) is 53.4 Å². The standard InChI is InChI=1S/C21H39NO5/c1-6-11-15-24-20(25-16-12-7-2)21(22-19(23)10-5,26-17-13-8-3)27-18-14-9-4/h5,20H,6-9,11-18H2,1-4H3,(H,22,23). The first-order valence-electron chi connectivity index (χ1n) is 10.4. The average molecular weight is 386 g/mol. The van der Waals surface area contributed by atoms with Gasteiger partial charge in [0.1, 0.15) is 0 Å². The molecule has 0 unspecified atom stereocenters. The number of ether oxygens (including phenoxy) is 4. The molecule has 0 saturated heterocycles. The van der Waals surface area contributed by atoms with E-state index in [0.717, 1.165) is 51.4 Å². The summed E-state index contributed by atoms with van der Waals surface area (Å²) in [6.45, 7) is 10.1. The molecule has 0 bridgehead atoms. The number of unbranched alkanes of at least 4 members (excludes halogenated alkanes) is 4. The second-order valence-electron chi connectivity index (χ2n) is 6.45. The topological polar surface area (TPSA) is 66.0 Å². The van der Waals surface area contributed by atoms with Crippen LogP contribution < -0.4 is 5.32 Å². The summed E-state index contributed by atoms with van der Waals surface area (Å²) in [5.41, 5.74) is 0. The highest BCUT2D eigenvalue weighted by molar-refractivity contribution is 5.93. The van der Waals surface area contributed by atoms with Crippen molar-refractivity contribution in [1.82, 2.24) is 5.32 Å². The molecule has 6 nitrogen and oxygen atoms in total. The number of nitrogens with one attached hydrogen (secondary N) is 1. The van der Waals surface area contributed by atoms with E-state index in [1.807, 2.05) is 0 Å². The minimum absolute atomic E-state index is 0.401. The van der Waals surface area contributed by atoms with E-state index >= 15 is 0 Å². The summed E-state index contributed by atoms with van der Waals surface area (Å²) in [4.78, 5) is 12.0. The number of carbonyl (C=O) groups excluding carboxylic acids is 1. The molecule has 0 aromatic rings. The average Bonchev–Trinajstić information content (AvgIpc) is 2.67. The van der Waals surface area contributed by atoms with Crippen molar-refractivity contribution in [3.05, 3.63) is 0 Å². The molecule has 0 aliphatic rings. The van der Waals surface area contributed by atoms with Crippen LogP contribution in [0.4, 0.5) is 0 Å². The first-order chi connectivity index (χ1) is 13.1. The van der Waals surface area contributed by atoms with Crippen LogP contribution in [0.3, 0.4) is 0 Å². The van der Waals surface area contributed by atoms with Crippen LogP contribution in [0.1, 0.15) is 79.1 Å². The smallest absolute Gasteiger partial charge is 0.306 e. The maximum Gasteiger partial charge on any atom is 0.306 e. The molecule has 1 amide bonds. The molecule has 0 aromatic carbocycles. The Balaban J connectivity index is 5.52. The third kappa shape index (κ3) is 11.3. The van der Waals surface area contributed by atoms with E-state index in [1.165, 1.54) is 0 Å². The lowest BCUT2D eigenvalue weighted by atomic mass is 10.3. The molecule has 0 saturated carbocycles. The molecule has 0 fully saturated rings. The fourth-order valence-corrected chi connectivity index (χ4v) is 2.18. The van der Waals surface area contributed by atoms with Gasteiger partial charge in [-0.25, -0.2) is 0 Å². The van der Waals surface area contributed by atoms with Crippen LogP contribution in [0.2, 0.25) is 0 Å². The van der Waals surface area contributed by atoms with Crippen LogP contribution in [0.15, 0.2) is 0 Å². The van der Waals surface area contributed by atoms with Crippen LogP contribution in [0, 0.1) is 12.3 Å². The van der Waals surface area contributed by atoms with E-state index in [-0.39, 0.29) is 0 Å². The lowest BCUT2D eigenvalue weighted by Crippen LogP contribution is -2.62. The molecule has 27 heavy (non-hydrogen) atoms. The zero-order chi connectivity index (χ0) is 20.4. The van der Waals surface area contributed by atoms with E-state index in [1.54, 1.807) is 0 Å². The highest BCUT2D eigenvalue weighted by Gasteiger charge is 2.45. The summed E-state index contributed by atoms with van der Waals surface area (Å²) in [7, 11) is 0. The number of amides is 1. The van der Waals surface area contributed by atoms with Gasteiger partial charge in [-0.2, -0.15) is 0 Å². The van der Waals surface area contributed by atoms with Gasteiger partial charge in [-0.15, -0.1) is 6.42 Å². The van der Waals surface area contributed by atoms with Crippen molar-refractivity contribution in [2.75, 3.05) is 26.4 Å². The first kappa shape index (κ1) is 25.9. The van der Waals surface area contributed by atoms with Crippen molar-refractivity contribution < 1.29 is 23.7 Å². The highest BCUT2D eigenvalue weighted by Crippen LogP contribution is 2.22. The summed E-state index contributed by atoms with van der Waals surface area (Å²) in [6.07, 6.45) is 11.6. The SMILES string of the molecule is C#CC(=O)NC(OCCCC)(OCCCC)C(OCCCC)OCCCC. The Morgan fingerprint density at radius 3 is 1.63 bits per heavy atom. The van der Waals surface area contributed by atoms with E-state index in [9.17, 15) is 4.79 Å². The lowest BCUT2D eigenvalue weighted by Gasteiger charge is -2.39. The van der Waals surface area contributed by atoms with Crippen LogP contribution in [0.25, 0.3) is 0 Å². The zero-order valence-electron chi connectivity index (χ0n) is 17.7. The van der Waals surface area contributed by atoms with Gasteiger partial charge < -0.3 is 18.9 Å². The fraction of sp³-hybridized carbons (Fsp3) is 0.857. The van der Waals surface area contributed by atoms with Gasteiger partial charge in [-0.3, -0.25) is 10.1 Å². The van der Waals surface area contributed by atoms with Gasteiger partial charge in [0.15, 0.2) is 0 Å². The van der Waals surface area contributed by atoms with Gasteiger partial charge in [-0.05, 0) is 31.6 Å². The predicted octanol–water partition coefficient (Wildman–Crippen LogP) is 3.98. The minimum atomic E-state index is -1.55. The molecule has 0 rings (SSSR count). The van der Waals surface area contributed by atoms with Gasteiger partial charge in [0, 0.05) is 0 Å². The van der Waals surface area contributed by atoms with Gasteiger partial charge in [0.05, 0.1) is 26.4 Å². The second kappa shape index (κ2) is 17.0. The lowest BCUT2D eigenvalue weighted by molar-refractivity contribution is -0.363.